The minimum atomic E-state index is -0.356. The van der Waals surface area contributed by atoms with Crippen molar-refractivity contribution < 1.29 is 14.3 Å². The molecule has 0 N–H and O–H groups in total. The van der Waals surface area contributed by atoms with E-state index < -0.39 is 0 Å². The summed E-state index contributed by atoms with van der Waals surface area (Å²) in [6.45, 7) is 1.22. The highest BCUT2D eigenvalue weighted by Crippen LogP contribution is 2.36. The lowest BCUT2D eigenvalue weighted by Gasteiger charge is -2.21. The van der Waals surface area contributed by atoms with E-state index in [9.17, 15) is 9.59 Å². The van der Waals surface area contributed by atoms with Gasteiger partial charge in [0, 0.05) is 44.4 Å². The van der Waals surface area contributed by atoms with Crippen LogP contribution in [0.1, 0.15) is 17.5 Å². The number of hydrogen-bond acceptors (Lipinski definition) is 4. The van der Waals surface area contributed by atoms with Gasteiger partial charge in [-0.1, -0.05) is 59.6 Å². The van der Waals surface area contributed by atoms with Crippen LogP contribution in [0, 0.1) is 0 Å². The highest BCUT2D eigenvalue weighted by molar-refractivity contribution is 6.41. The van der Waals surface area contributed by atoms with Gasteiger partial charge in [0.15, 0.2) is 0 Å². The fourth-order valence-corrected chi connectivity index (χ4v) is 3.86. The number of methoxy groups -OCH3 is 1. The fourth-order valence-electron chi connectivity index (χ4n) is 3.36. The van der Waals surface area contributed by atoms with Gasteiger partial charge in [0.25, 0.3) is 11.8 Å². The van der Waals surface area contributed by atoms with Gasteiger partial charge in [-0.15, -0.1) is 0 Å². The highest BCUT2D eigenvalue weighted by atomic mass is 35.5. The third-order valence-corrected chi connectivity index (χ3v) is 5.27. The first kappa shape index (κ1) is 21.4. The minimum Gasteiger partial charge on any atom is -0.385 e. The summed E-state index contributed by atoms with van der Waals surface area (Å²) in [5.41, 5.74) is 2.16. The van der Waals surface area contributed by atoms with E-state index in [1.54, 1.807) is 37.3 Å². The largest absolute Gasteiger partial charge is 0.385 e. The van der Waals surface area contributed by atoms with Crippen LogP contribution in [-0.4, -0.2) is 48.9 Å². The number of hydrogen-bond donors (Lipinski definition) is 0. The van der Waals surface area contributed by atoms with E-state index in [0.29, 0.717) is 46.5 Å². The van der Waals surface area contributed by atoms with E-state index in [1.807, 2.05) is 30.3 Å². The van der Waals surface area contributed by atoms with Gasteiger partial charge in [-0.2, -0.15) is 0 Å². The lowest BCUT2D eigenvalue weighted by molar-refractivity contribution is -0.137. The van der Waals surface area contributed by atoms with Crippen LogP contribution in [0.5, 0.6) is 0 Å². The number of nitrogens with zero attached hydrogens (tertiary/aromatic N) is 2. The topological polar surface area (TPSA) is 49.9 Å². The molecule has 1 aliphatic rings. The van der Waals surface area contributed by atoms with Gasteiger partial charge < -0.3 is 9.64 Å². The van der Waals surface area contributed by atoms with Gasteiger partial charge in [0.2, 0.25) is 0 Å². The first-order chi connectivity index (χ1) is 13.9. The molecule has 2 amide bonds. The molecule has 0 atom stereocenters. The number of likely N-dealkylation sites (N-methyl/N-ethyl adjacent to an activating group) is 1. The van der Waals surface area contributed by atoms with Crippen LogP contribution in [0.2, 0.25) is 10.0 Å². The van der Waals surface area contributed by atoms with Crippen molar-refractivity contribution in [1.29, 1.82) is 0 Å². The predicted molar refractivity (Wildman–Crippen MR) is 115 cm³/mol. The van der Waals surface area contributed by atoms with Crippen molar-refractivity contribution >= 4 is 40.6 Å². The van der Waals surface area contributed by atoms with Gasteiger partial charge >= 0.3 is 0 Å². The van der Waals surface area contributed by atoms with Crippen molar-refractivity contribution in [2.75, 3.05) is 27.3 Å². The maximum atomic E-state index is 13.2. The fraction of sp³-hybridized carbons (Fsp3) is 0.273. The molecule has 0 saturated heterocycles. The van der Waals surface area contributed by atoms with Gasteiger partial charge in [0.1, 0.15) is 5.70 Å². The van der Waals surface area contributed by atoms with E-state index in [4.69, 9.17) is 27.9 Å². The van der Waals surface area contributed by atoms with Crippen LogP contribution in [0.4, 0.5) is 0 Å². The summed E-state index contributed by atoms with van der Waals surface area (Å²) in [5, 5.41) is 0.797. The summed E-state index contributed by atoms with van der Waals surface area (Å²) in [6, 6.07) is 14.7. The second-order valence-corrected chi connectivity index (χ2v) is 7.64. The Morgan fingerprint density at radius 2 is 1.76 bits per heavy atom. The van der Waals surface area contributed by atoms with Crippen molar-refractivity contribution in [2.45, 2.75) is 13.0 Å². The molecule has 1 heterocycles. The van der Waals surface area contributed by atoms with E-state index in [-0.39, 0.29) is 18.4 Å². The Kier molecular flexibility index (Phi) is 6.96. The number of ether oxygens (including phenoxy) is 1. The van der Waals surface area contributed by atoms with Gasteiger partial charge in [0.05, 0.1) is 10.6 Å². The molecule has 1 aliphatic heterocycles. The van der Waals surface area contributed by atoms with E-state index in [0.717, 1.165) is 5.56 Å². The van der Waals surface area contributed by atoms with Crippen LogP contribution >= 0.6 is 23.2 Å². The second kappa shape index (κ2) is 9.44. The molecule has 0 radical (unpaired) electrons. The van der Waals surface area contributed by atoms with E-state index >= 15 is 0 Å². The number of carbonyl (C=O) groups is 2. The first-order valence-corrected chi connectivity index (χ1v) is 9.99. The zero-order valence-electron chi connectivity index (χ0n) is 16.3. The average molecular weight is 433 g/mol. The number of rotatable bonds is 8. The molecule has 0 spiro atoms. The number of carbonyl (C=O) groups excluding carboxylic acids is 2. The van der Waals surface area contributed by atoms with E-state index in [1.165, 1.54) is 4.90 Å². The number of amides is 2. The third kappa shape index (κ3) is 4.64. The Bertz CT molecular complexity index is 944. The first-order valence-electron chi connectivity index (χ1n) is 9.24. The van der Waals surface area contributed by atoms with Crippen molar-refractivity contribution in [3.63, 3.8) is 0 Å². The van der Waals surface area contributed by atoms with Crippen LogP contribution in [0.15, 0.2) is 54.2 Å². The Labute approximate surface area is 180 Å². The van der Waals surface area contributed by atoms with Crippen LogP contribution in [0.3, 0.4) is 0 Å². The van der Waals surface area contributed by atoms with Gasteiger partial charge in [-0.05, 0) is 24.1 Å². The SMILES string of the molecule is COCCCN1C(=O)C(c2ccc(Cl)cc2Cl)=C(N(C)Cc2ccccc2)C1=O. The maximum Gasteiger partial charge on any atom is 0.277 e. The number of benzene rings is 2. The third-order valence-electron chi connectivity index (χ3n) is 4.72. The molecule has 7 heteroatoms. The molecule has 0 fully saturated rings. The molecule has 0 unspecified atom stereocenters. The van der Waals surface area contributed by atoms with Gasteiger partial charge in [-0.3, -0.25) is 14.5 Å². The van der Waals surface area contributed by atoms with Crippen molar-refractivity contribution in [1.82, 2.24) is 9.80 Å². The second-order valence-electron chi connectivity index (χ2n) is 6.80. The zero-order chi connectivity index (χ0) is 21.0. The molecule has 2 aromatic rings. The lowest BCUT2D eigenvalue weighted by Crippen LogP contribution is -2.35. The maximum absolute atomic E-state index is 13.2. The summed E-state index contributed by atoms with van der Waals surface area (Å²) in [7, 11) is 3.39. The molecular weight excluding hydrogens is 411 g/mol. The van der Waals surface area contributed by atoms with E-state index in [2.05, 4.69) is 0 Å². The number of imide groups is 1. The summed E-state index contributed by atoms with van der Waals surface area (Å²) >= 11 is 12.4. The highest BCUT2D eigenvalue weighted by Gasteiger charge is 2.41. The van der Waals surface area contributed by atoms with Crippen LogP contribution in [-0.2, 0) is 20.9 Å². The summed E-state index contributed by atoms with van der Waals surface area (Å²) in [4.78, 5) is 29.5. The summed E-state index contributed by atoms with van der Waals surface area (Å²) < 4.78 is 5.06. The molecular formula is C22H22Cl2N2O3. The molecule has 5 nitrogen and oxygen atoms in total. The molecule has 29 heavy (non-hydrogen) atoms. The molecule has 0 aromatic heterocycles. The smallest absolute Gasteiger partial charge is 0.277 e. The Morgan fingerprint density at radius 1 is 1.03 bits per heavy atom. The quantitative estimate of drug-likeness (QED) is 0.462. The Hall–Kier alpha value is -2.34. The predicted octanol–water partition coefficient (Wildman–Crippen LogP) is 4.24. The van der Waals surface area contributed by atoms with Crippen molar-refractivity contribution in [3.8, 4) is 0 Å². The monoisotopic (exact) mass is 432 g/mol. The summed E-state index contributed by atoms with van der Waals surface area (Å²) in [6.07, 6.45) is 0.561. The molecule has 0 aliphatic carbocycles. The number of halogens is 2. The van der Waals surface area contributed by atoms with Crippen LogP contribution < -0.4 is 0 Å². The molecule has 0 bridgehead atoms. The zero-order valence-corrected chi connectivity index (χ0v) is 17.8. The van der Waals surface area contributed by atoms with Gasteiger partial charge in [-0.25, -0.2) is 0 Å². The Balaban J connectivity index is 2.02. The molecule has 2 aromatic carbocycles. The van der Waals surface area contributed by atoms with Crippen LogP contribution in [0.25, 0.3) is 5.57 Å². The molecule has 0 saturated carbocycles. The van der Waals surface area contributed by atoms with Crippen molar-refractivity contribution in [2.24, 2.45) is 0 Å². The normalized spacial score (nSPS) is 14.1. The lowest BCUT2D eigenvalue weighted by atomic mass is 10.0. The minimum absolute atomic E-state index is 0.281. The molecule has 152 valence electrons. The average Bonchev–Trinajstić information content (AvgIpc) is 2.93. The van der Waals surface area contributed by atoms with Crippen molar-refractivity contribution in [3.05, 3.63) is 75.4 Å². The summed E-state index contributed by atoms with van der Waals surface area (Å²) in [5.74, 6) is -0.684. The molecule has 3 rings (SSSR count). The standard InChI is InChI=1S/C22H22Cl2N2O3/c1-25(14-15-7-4-3-5-8-15)20-19(17-10-9-16(23)13-18(17)24)21(27)26(22(20)28)11-6-12-29-2/h3-5,7-10,13H,6,11-12,14H2,1-2H3. The Morgan fingerprint density at radius 3 is 2.41 bits per heavy atom.